The number of hydrogen-bond acceptors (Lipinski definition) is 3. The van der Waals surface area contributed by atoms with Crippen molar-refractivity contribution in [3.05, 3.63) is 33.8 Å². The van der Waals surface area contributed by atoms with Crippen molar-refractivity contribution in [2.24, 2.45) is 5.41 Å². The Morgan fingerprint density at radius 3 is 2.81 bits per heavy atom. The lowest BCUT2D eigenvalue weighted by Gasteiger charge is -2.31. The maximum absolute atomic E-state index is 12.5. The second-order valence-corrected chi connectivity index (χ2v) is 6.88. The fourth-order valence-corrected chi connectivity index (χ4v) is 2.86. The molecular formula is C16H20BrNO3. The van der Waals surface area contributed by atoms with E-state index in [1.807, 2.05) is 36.9 Å². The molecule has 21 heavy (non-hydrogen) atoms. The molecule has 0 N–H and O–H groups in total. The van der Waals surface area contributed by atoms with E-state index < -0.39 is 5.41 Å². The maximum Gasteiger partial charge on any atom is 0.311 e. The van der Waals surface area contributed by atoms with Gasteiger partial charge in [-0.2, -0.15) is 0 Å². The Labute approximate surface area is 133 Å². The van der Waals surface area contributed by atoms with Crippen LogP contribution >= 0.6 is 15.9 Å². The third-order valence-corrected chi connectivity index (χ3v) is 4.48. The molecule has 1 aromatic carbocycles. The van der Waals surface area contributed by atoms with E-state index in [-0.39, 0.29) is 11.9 Å². The van der Waals surface area contributed by atoms with Crippen molar-refractivity contribution >= 4 is 27.8 Å². The van der Waals surface area contributed by atoms with Crippen LogP contribution in [0, 0.1) is 5.41 Å². The fourth-order valence-electron chi connectivity index (χ4n) is 2.50. The van der Waals surface area contributed by atoms with Gasteiger partial charge < -0.3 is 9.64 Å². The lowest BCUT2D eigenvalue weighted by molar-refractivity contribution is -0.151. The molecule has 0 unspecified atom stereocenters. The van der Waals surface area contributed by atoms with Crippen molar-refractivity contribution in [2.45, 2.75) is 26.7 Å². The number of halogens is 1. The Kier molecular flexibility index (Phi) is 4.71. The summed E-state index contributed by atoms with van der Waals surface area (Å²) < 4.78 is 5.71. The van der Waals surface area contributed by atoms with Gasteiger partial charge in [0.25, 0.3) is 5.91 Å². The number of methoxy groups -OCH3 is 1. The van der Waals surface area contributed by atoms with Gasteiger partial charge in [-0.1, -0.05) is 22.0 Å². The van der Waals surface area contributed by atoms with E-state index in [4.69, 9.17) is 4.74 Å². The van der Waals surface area contributed by atoms with Gasteiger partial charge in [0.05, 0.1) is 12.5 Å². The van der Waals surface area contributed by atoms with Crippen LogP contribution in [0.25, 0.3) is 0 Å². The quantitative estimate of drug-likeness (QED) is 0.781. The highest BCUT2D eigenvalue weighted by atomic mass is 79.9. The molecule has 2 rings (SSSR count). The normalized spacial score (nSPS) is 14.9. The summed E-state index contributed by atoms with van der Waals surface area (Å²) in [6, 6.07) is 5.82. The topological polar surface area (TPSA) is 46.6 Å². The molecule has 0 atom stereocenters. The minimum Gasteiger partial charge on any atom is -0.469 e. The Morgan fingerprint density at radius 1 is 1.43 bits per heavy atom. The summed E-state index contributed by atoms with van der Waals surface area (Å²) in [6.45, 7) is 4.95. The van der Waals surface area contributed by atoms with Crippen LogP contribution in [-0.4, -0.2) is 37.0 Å². The molecule has 0 radical (unpaired) electrons. The van der Waals surface area contributed by atoms with E-state index in [0.29, 0.717) is 19.5 Å². The zero-order valence-electron chi connectivity index (χ0n) is 12.6. The fraction of sp³-hybridized carbons (Fsp3) is 0.500. The molecule has 5 heteroatoms. The summed E-state index contributed by atoms with van der Waals surface area (Å²) >= 11 is 3.41. The average molecular weight is 354 g/mol. The van der Waals surface area contributed by atoms with Crippen molar-refractivity contribution in [1.29, 1.82) is 0 Å². The number of ether oxygens (including phenoxy) is 1. The second-order valence-electron chi connectivity index (χ2n) is 5.97. The van der Waals surface area contributed by atoms with Gasteiger partial charge in [-0.25, -0.2) is 0 Å². The van der Waals surface area contributed by atoms with Crippen molar-refractivity contribution in [3.8, 4) is 0 Å². The van der Waals surface area contributed by atoms with Crippen LogP contribution in [-0.2, 0) is 16.0 Å². The van der Waals surface area contributed by atoms with Crippen LogP contribution in [0.2, 0.25) is 0 Å². The van der Waals surface area contributed by atoms with E-state index in [0.717, 1.165) is 22.0 Å². The van der Waals surface area contributed by atoms with E-state index >= 15 is 0 Å². The number of hydrogen-bond donors (Lipinski definition) is 0. The molecule has 0 bridgehead atoms. The van der Waals surface area contributed by atoms with Gasteiger partial charge in [0.2, 0.25) is 0 Å². The van der Waals surface area contributed by atoms with E-state index in [1.165, 1.54) is 7.11 Å². The maximum atomic E-state index is 12.5. The third kappa shape index (κ3) is 3.46. The minimum absolute atomic E-state index is 0.0400. The van der Waals surface area contributed by atoms with Crippen LogP contribution in [0.5, 0.6) is 0 Å². The molecule has 0 fully saturated rings. The molecule has 1 amide bonds. The number of carbonyl (C=O) groups excluding carboxylic acids is 2. The lowest BCUT2D eigenvalue weighted by Crippen LogP contribution is -2.40. The SMILES string of the molecule is COC(=O)C(C)(C)CCN1CCc2ccc(Br)cc2C1=O. The molecule has 0 saturated heterocycles. The molecule has 0 saturated carbocycles. The van der Waals surface area contributed by atoms with Crippen LogP contribution < -0.4 is 0 Å². The Hall–Kier alpha value is -1.36. The highest BCUT2D eigenvalue weighted by Gasteiger charge is 2.31. The summed E-state index contributed by atoms with van der Waals surface area (Å²) in [5, 5.41) is 0. The van der Waals surface area contributed by atoms with Gasteiger partial charge in [0, 0.05) is 23.1 Å². The first-order valence-corrected chi connectivity index (χ1v) is 7.80. The first-order valence-electron chi connectivity index (χ1n) is 7.01. The molecule has 0 spiro atoms. The van der Waals surface area contributed by atoms with E-state index in [2.05, 4.69) is 15.9 Å². The molecule has 0 aromatic heterocycles. The number of nitrogens with zero attached hydrogens (tertiary/aromatic N) is 1. The third-order valence-electron chi connectivity index (χ3n) is 3.99. The highest BCUT2D eigenvalue weighted by Crippen LogP contribution is 2.26. The van der Waals surface area contributed by atoms with Crippen molar-refractivity contribution in [1.82, 2.24) is 4.90 Å². The molecular weight excluding hydrogens is 334 g/mol. The van der Waals surface area contributed by atoms with Crippen LogP contribution in [0.1, 0.15) is 36.2 Å². The summed E-state index contributed by atoms with van der Waals surface area (Å²) in [4.78, 5) is 26.0. The Bertz CT molecular complexity index is 569. The summed E-state index contributed by atoms with van der Waals surface area (Å²) in [5.74, 6) is -0.201. The number of esters is 1. The first-order chi connectivity index (χ1) is 9.85. The summed E-state index contributed by atoms with van der Waals surface area (Å²) in [6.07, 6.45) is 1.45. The predicted molar refractivity (Wildman–Crippen MR) is 84.2 cm³/mol. The van der Waals surface area contributed by atoms with Crippen LogP contribution in [0.15, 0.2) is 22.7 Å². The molecule has 1 aliphatic rings. The summed E-state index contributed by atoms with van der Waals surface area (Å²) in [5.41, 5.74) is 1.27. The van der Waals surface area contributed by atoms with Crippen LogP contribution in [0.3, 0.4) is 0 Å². The number of rotatable bonds is 4. The lowest BCUT2D eigenvalue weighted by atomic mass is 9.88. The van der Waals surface area contributed by atoms with Gasteiger partial charge in [-0.05, 0) is 44.4 Å². The smallest absolute Gasteiger partial charge is 0.311 e. The zero-order chi connectivity index (χ0) is 15.6. The van der Waals surface area contributed by atoms with Gasteiger partial charge in [-0.3, -0.25) is 9.59 Å². The molecule has 0 aliphatic carbocycles. The zero-order valence-corrected chi connectivity index (χ0v) is 14.2. The van der Waals surface area contributed by atoms with Gasteiger partial charge >= 0.3 is 5.97 Å². The number of fused-ring (bicyclic) bond motifs is 1. The second kappa shape index (κ2) is 6.18. The largest absolute Gasteiger partial charge is 0.469 e. The molecule has 1 heterocycles. The molecule has 4 nitrogen and oxygen atoms in total. The van der Waals surface area contributed by atoms with Crippen LogP contribution in [0.4, 0.5) is 0 Å². The van der Waals surface area contributed by atoms with Crippen molar-refractivity contribution in [3.63, 3.8) is 0 Å². The van der Waals surface area contributed by atoms with Crippen molar-refractivity contribution in [2.75, 3.05) is 20.2 Å². The first kappa shape index (κ1) is 16.0. The Morgan fingerprint density at radius 2 is 2.14 bits per heavy atom. The number of amides is 1. The van der Waals surface area contributed by atoms with Gasteiger partial charge in [-0.15, -0.1) is 0 Å². The summed E-state index contributed by atoms with van der Waals surface area (Å²) in [7, 11) is 1.39. The average Bonchev–Trinajstić information content (AvgIpc) is 2.46. The van der Waals surface area contributed by atoms with E-state index in [9.17, 15) is 9.59 Å². The molecule has 114 valence electrons. The minimum atomic E-state index is -0.577. The predicted octanol–water partition coefficient (Wildman–Crippen LogP) is 3.04. The van der Waals surface area contributed by atoms with Gasteiger partial charge in [0.15, 0.2) is 0 Å². The Balaban J connectivity index is 2.07. The standard InChI is InChI=1S/C16H20BrNO3/c1-16(2,15(20)21-3)7-9-18-8-6-11-4-5-12(17)10-13(11)14(18)19/h4-5,10H,6-9H2,1-3H3. The number of carbonyl (C=O) groups is 2. The van der Waals surface area contributed by atoms with Crippen molar-refractivity contribution < 1.29 is 14.3 Å². The molecule has 1 aromatic rings. The van der Waals surface area contributed by atoms with Gasteiger partial charge in [0.1, 0.15) is 0 Å². The molecule has 1 aliphatic heterocycles. The monoisotopic (exact) mass is 353 g/mol. The highest BCUT2D eigenvalue weighted by molar-refractivity contribution is 9.10. The van der Waals surface area contributed by atoms with E-state index in [1.54, 1.807) is 0 Å². The number of benzene rings is 1.